The summed E-state index contributed by atoms with van der Waals surface area (Å²) in [6.07, 6.45) is 2.86. The largest absolute Gasteiger partial charge is 0.493 e. The van der Waals surface area contributed by atoms with E-state index >= 15 is 0 Å². The molecule has 1 amide bonds. The van der Waals surface area contributed by atoms with Gasteiger partial charge in [-0.3, -0.25) is 4.79 Å². The van der Waals surface area contributed by atoms with Crippen LogP contribution < -0.4 is 15.4 Å². The maximum atomic E-state index is 11.7. The zero-order chi connectivity index (χ0) is 21.8. The molecular weight excluding hydrogens is 376 g/mol. The monoisotopic (exact) mass is 412 g/mol. The lowest BCUT2D eigenvalue weighted by molar-refractivity contribution is -0.120. The van der Waals surface area contributed by atoms with E-state index in [0.29, 0.717) is 26.1 Å². The molecule has 0 heterocycles. The number of nitrogens with one attached hydrogen (secondary N) is 2. The minimum atomic E-state index is -0.716. The maximum absolute atomic E-state index is 11.7. The van der Waals surface area contributed by atoms with Gasteiger partial charge in [-0.05, 0) is 42.0 Å². The zero-order valence-electron chi connectivity index (χ0n) is 18.5. The number of aryl methyl sites for hydroxylation is 1. The van der Waals surface area contributed by atoms with Gasteiger partial charge in [-0.15, -0.1) is 0 Å². The van der Waals surface area contributed by atoms with E-state index < -0.39 is 12.1 Å². The Morgan fingerprint density at radius 3 is 2.60 bits per heavy atom. The van der Waals surface area contributed by atoms with Crippen LogP contribution in [-0.4, -0.2) is 36.3 Å². The number of hydrogen-bond donors (Lipinski definition) is 3. The fourth-order valence-corrected chi connectivity index (χ4v) is 3.39. The van der Waals surface area contributed by atoms with Crippen molar-refractivity contribution in [2.24, 2.45) is 0 Å². The standard InChI is InChI=1S/C25H36N2O3/c1-4-6-14-30-25-13-8-7-12-22(25)16-23(27-19(3)28)24(29)18-26-17-21-11-9-10-20(5-2)15-21/h7-13,15,23-24,26,29H,4-6,14,16-18H2,1-3H3,(H,27,28)/t23-,24+/m0/s1. The Balaban J connectivity index is 1.98. The number of aliphatic hydroxyl groups excluding tert-OH is 1. The van der Waals surface area contributed by atoms with Crippen LogP contribution in [0.4, 0.5) is 0 Å². The highest BCUT2D eigenvalue weighted by Gasteiger charge is 2.22. The van der Waals surface area contributed by atoms with Crippen LogP contribution in [0.25, 0.3) is 0 Å². The molecule has 0 aliphatic rings. The number of unbranched alkanes of at least 4 members (excludes halogenated alkanes) is 1. The third kappa shape index (κ3) is 8.17. The molecular formula is C25H36N2O3. The lowest BCUT2D eigenvalue weighted by Gasteiger charge is -2.25. The molecule has 5 nitrogen and oxygen atoms in total. The van der Waals surface area contributed by atoms with E-state index in [1.807, 2.05) is 24.3 Å². The van der Waals surface area contributed by atoms with Crippen LogP contribution in [0.1, 0.15) is 50.3 Å². The minimum Gasteiger partial charge on any atom is -0.493 e. The number of para-hydroxylation sites is 1. The fraction of sp³-hybridized carbons (Fsp3) is 0.480. The molecule has 2 aromatic rings. The lowest BCUT2D eigenvalue weighted by Crippen LogP contribution is -2.48. The van der Waals surface area contributed by atoms with Crippen LogP contribution in [0.2, 0.25) is 0 Å². The van der Waals surface area contributed by atoms with E-state index in [2.05, 4.69) is 48.7 Å². The molecule has 2 rings (SSSR count). The minimum absolute atomic E-state index is 0.154. The molecule has 0 radical (unpaired) electrons. The molecule has 0 fully saturated rings. The molecule has 2 aromatic carbocycles. The second kappa shape index (κ2) is 13.0. The molecule has 0 bridgehead atoms. The number of amides is 1. The molecule has 0 saturated carbocycles. The molecule has 0 saturated heterocycles. The van der Waals surface area contributed by atoms with Crippen molar-refractivity contribution in [3.63, 3.8) is 0 Å². The molecule has 0 aliphatic heterocycles. The Kier molecular flexibility index (Phi) is 10.4. The molecule has 30 heavy (non-hydrogen) atoms. The second-order valence-electron chi connectivity index (χ2n) is 7.69. The average molecular weight is 413 g/mol. The summed E-state index contributed by atoms with van der Waals surface area (Å²) >= 11 is 0. The highest BCUT2D eigenvalue weighted by atomic mass is 16.5. The van der Waals surface area contributed by atoms with Crippen molar-refractivity contribution >= 4 is 5.91 Å². The number of benzene rings is 2. The zero-order valence-corrected chi connectivity index (χ0v) is 18.5. The Bertz CT molecular complexity index is 778. The van der Waals surface area contributed by atoms with Crippen LogP contribution in [-0.2, 0) is 24.2 Å². The van der Waals surface area contributed by atoms with Gasteiger partial charge in [0.1, 0.15) is 5.75 Å². The van der Waals surface area contributed by atoms with Crippen molar-refractivity contribution in [3.8, 4) is 5.75 Å². The van der Waals surface area contributed by atoms with E-state index in [-0.39, 0.29) is 5.91 Å². The summed E-state index contributed by atoms with van der Waals surface area (Å²) in [5, 5.41) is 17.0. The van der Waals surface area contributed by atoms with Gasteiger partial charge in [0, 0.05) is 20.0 Å². The SMILES string of the molecule is CCCCOc1ccccc1C[C@H](NC(C)=O)[C@H](O)CNCc1cccc(CC)c1. The van der Waals surface area contributed by atoms with Crippen LogP contribution in [0.15, 0.2) is 48.5 Å². The van der Waals surface area contributed by atoms with Crippen molar-refractivity contribution in [2.75, 3.05) is 13.2 Å². The quantitative estimate of drug-likeness (QED) is 0.440. The van der Waals surface area contributed by atoms with Crippen LogP contribution in [0, 0.1) is 0 Å². The van der Waals surface area contributed by atoms with Crippen LogP contribution in [0.5, 0.6) is 5.75 Å². The summed E-state index contributed by atoms with van der Waals surface area (Å²) in [4.78, 5) is 11.7. The maximum Gasteiger partial charge on any atom is 0.217 e. The molecule has 0 aromatic heterocycles. The highest BCUT2D eigenvalue weighted by Crippen LogP contribution is 2.21. The van der Waals surface area contributed by atoms with Crippen molar-refractivity contribution in [3.05, 3.63) is 65.2 Å². The highest BCUT2D eigenvalue weighted by molar-refractivity contribution is 5.73. The molecule has 2 atom stereocenters. The number of ether oxygens (including phenoxy) is 1. The van der Waals surface area contributed by atoms with Gasteiger partial charge in [-0.25, -0.2) is 0 Å². The van der Waals surface area contributed by atoms with E-state index in [4.69, 9.17) is 4.74 Å². The number of rotatable bonds is 13. The van der Waals surface area contributed by atoms with Gasteiger partial charge in [0.05, 0.1) is 18.8 Å². The molecule has 0 unspecified atom stereocenters. The van der Waals surface area contributed by atoms with Crippen molar-refractivity contribution in [1.82, 2.24) is 10.6 Å². The van der Waals surface area contributed by atoms with Crippen LogP contribution >= 0.6 is 0 Å². The Labute approximate surface area is 180 Å². The van der Waals surface area contributed by atoms with Gasteiger partial charge in [-0.2, -0.15) is 0 Å². The number of aliphatic hydroxyl groups is 1. The average Bonchev–Trinajstić information content (AvgIpc) is 2.74. The molecule has 3 N–H and O–H groups in total. The summed E-state index contributed by atoms with van der Waals surface area (Å²) in [7, 11) is 0. The number of hydrogen-bond acceptors (Lipinski definition) is 4. The third-order valence-electron chi connectivity index (χ3n) is 5.10. The van der Waals surface area contributed by atoms with Crippen molar-refractivity contribution in [1.29, 1.82) is 0 Å². The first-order valence-electron chi connectivity index (χ1n) is 11.0. The van der Waals surface area contributed by atoms with Gasteiger partial charge >= 0.3 is 0 Å². The first kappa shape index (κ1) is 23.9. The van der Waals surface area contributed by atoms with Gasteiger partial charge in [0.25, 0.3) is 0 Å². The summed E-state index contributed by atoms with van der Waals surface area (Å²) < 4.78 is 5.91. The fourth-order valence-electron chi connectivity index (χ4n) is 3.39. The second-order valence-corrected chi connectivity index (χ2v) is 7.69. The Morgan fingerprint density at radius 1 is 1.10 bits per heavy atom. The van der Waals surface area contributed by atoms with Gasteiger partial charge in [0.2, 0.25) is 5.91 Å². The molecule has 0 aliphatic carbocycles. The predicted octanol–water partition coefficient (Wildman–Crippen LogP) is 3.63. The third-order valence-corrected chi connectivity index (χ3v) is 5.10. The first-order valence-corrected chi connectivity index (χ1v) is 11.0. The van der Waals surface area contributed by atoms with Gasteiger partial charge < -0.3 is 20.5 Å². The predicted molar refractivity (Wildman–Crippen MR) is 122 cm³/mol. The number of carbonyl (C=O) groups is 1. The summed E-state index contributed by atoms with van der Waals surface area (Å²) in [5.74, 6) is 0.664. The smallest absolute Gasteiger partial charge is 0.217 e. The van der Waals surface area contributed by atoms with Gasteiger partial charge in [-0.1, -0.05) is 62.7 Å². The van der Waals surface area contributed by atoms with Crippen molar-refractivity contribution in [2.45, 2.75) is 65.1 Å². The van der Waals surface area contributed by atoms with E-state index in [0.717, 1.165) is 30.6 Å². The van der Waals surface area contributed by atoms with Crippen molar-refractivity contribution < 1.29 is 14.6 Å². The Morgan fingerprint density at radius 2 is 1.87 bits per heavy atom. The molecule has 5 heteroatoms. The first-order chi connectivity index (χ1) is 14.5. The van der Waals surface area contributed by atoms with E-state index in [1.54, 1.807) is 0 Å². The normalized spacial score (nSPS) is 12.9. The van der Waals surface area contributed by atoms with E-state index in [9.17, 15) is 9.90 Å². The molecule has 0 spiro atoms. The topological polar surface area (TPSA) is 70.6 Å². The summed E-state index contributed by atoms with van der Waals surface area (Å²) in [5.41, 5.74) is 3.47. The van der Waals surface area contributed by atoms with Gasteiger partial charge in [0.15, 0.2) is 0 Å². The summed E-state index contributed by atoms with van der Waals surface area (Å²) in [6.45, 7) is 7.48. The lowest BCUT2D eigenvalue weighted by atomic mass is 10.00. The molecule has 164 valence electrons. The summed E-state index contributed by atoms with van der Waals surface area (Å²) in [6, 6.07) is 15.9. The van der Waals surface area contributed by atoms with Crippen LogP contribution in [0.3, 0.4) is 0 Å². The van der Waals surface area contributed by atoms with E-state index in [1.165, 1.54) is 18.1 Å². The number of carbonyl (C=O) groups excluding carboxylic acids is 1. The Hall–Kier alpha value is -2.37.